The van der Waals surface area contributed by atoms with Crippen LogP contribution in [0.3, 0.4) is 0 Å². The van der Waals surface area contributed by atoms with Crippen molar-refractivity contribution in [3.05, 3.63) is 59.7 Å². The Kier molecular flexibility index (Phi) is 10.3. The number of aromatic hydroxyl groups is 1. The molecule has 4 fully saturated rings. The minimum Gasteiger partial charge on any atom is -0.507 e. The number of likely N-dealkylation sites (tertiary alicyclic amines) is 1. The van der Waals surface area contributed by atoms with Crippen molar-refractivity contribution in [1.29, 1.82) is 0 Å². The lowest BCUT2D eigenvalue weighted by molar-refractivity contribution is -0.136. The van der Waals surface area contributed by atoms with E-state index in [4.69, 9.17) is 0 Å². The first kappa shape index (κ1) is 37.5. The van der Waals surface area contributed by atoms with E-state index in [-0.39, 0.29) is 24.5 Å². The maximum absolute atomic E-state index is 13.4. The standard InChI is InChI=1S/C43H53N9O5/c1-27(29-14-19-50(20-15-29)30-8-9-32-34(23-30)43(57)52(42(32)56)36-10-11-39(54)45-41(36)55)49-17-12-28(13-18-49)5-4-16-48-21-22-51-31(26-48)25-44-40-37(51)24-35(46-47-40)33-6-2-3-7-38(33)53/h2-3,6-9,23-24,27-29,31,36,53H,4-5,10-22,25-26H2,1H3,(H,44,47)(H,45,54,55). The summed E-state index contributed by atoms with van der Waals surface area (Å²) in [6.45, 7) is 11.5. The van der Waals surface area contributed by atoms with Gasteiger partial charge in [-0.3, -0.25) is 34.3 Å². The molecule has 2 aromatic carbocycles. The Labute approximate surface area is 333 Å². The monoisotopic (exact) mass is 775 g/mol. The molecule has 9 rings (SSSR count). The molecule has 6 aliphatic heterocycles. The fraction of sp³-hybridized carbons (Fsp3) is 0.535. The van der Waals surface area contributed by atoms with E-state index in [1.807, 2.05) is 30.3 Å². The van der Waals surface area contributed by atoms with Gasteiger partial charge in [0.1, 0.15) is 11.8 Å². The maximum Gasteiger partial charge on any atom is 0.262 e. The number of piperazine rings is 1. The van der Waals surface area contributed by atoms with Crippen molar-refractivity contribution >= 4 is 40.8 Å². The quantitative estimate of drug-likeness (QED) is 0.270. The lowest BCUT2D eigenvalue weighted by Gasteiger charge is -2.46. The van der Waals surface area contributed by atoms with Crippen LogP contribution in [0.25, 0.3) is 11.3 Å². The average molecular weight is 776 g/mol. The number of imide groups is 2. The molecule has 0 bridgehead atoms. The lowest BCUT2D eigenvalue weighted by Crippen LogP contribution is -2.58. The summed E-state index contributed by atoms with van der Waals surface area (Å²) in [5.74, 6) is 0.549. The second-order valence-corrected chi connectivity index (χ2v) is 16.9. The summed E-state index contributed by atoms with van der Waals surface area (Å²) in [6.07, 6.45) is 7.46. The van der Waals surface area contributed by atoms with Crippen molar-refractivity contribution in [2.75, 3.05) is 74.0 Å². The van der Waals surface area contributed by atoms with Crippen molar-refractivity contribution in [2.24, 2.45) is 11.8 Å². The zero-order valence-corrected chi connectivity index (χ0v) is 32.7. The highest BCUT2D eigenvalue weighted by molar-refractivity contribution is 6.23. The second-order valence-electron chi connectivity index (χ2n) is 16.9. The SMILES string of the molecule is CC(C1CCN(c2ccc3c(c2)C(=O)N(C2CCC(=O)NC2=O)C3=O)CC1)N1CCC(CCCN2CCN3c4cc(-c5ccccc5O)nnc4NCC3C2)CC1. The molecule has 3 N–H and O–H groups in total. The molecule has 1 aromatic heterocycles. The lowest BCUT2D eigenvalue weighted by atomic mass is 9.86. The number of rotatable bonds is 9. The van der Waals surface area contributed by atoms with Crippen LogP contribution in [-0.4, -0.2) is 131 Å². The van der Waals surface area contributed by atoms with Gasteiger partial charge in [0.2, 0.25) is 11.8 Å². The number of hydrogen-bond acceptors (Lipinski definition) is 12. The van der Waals surface area contributed by atoms with E-state index in [2.05, 4.69) is 53.4 Å². The van der Waals surface area contributed by atoms with Crippen molar-refractivity contribution in [3.8, 4) is 17.0 Å². The molecule has 4 amide bonds. The van der Waals surface area contributed by atoms with Crippen molar-refractivity contribution in [3.63, 3.8) is 0 Å². The normalized spacial score (nSPS) is 24.2. The maximum atomic E-state index is 13.4. The molecule has 57 heavy (non-hydrogen) atoms. The van der Waals surface area contributed by atoms with E-state index >= 15 is 0 Å². The topological polar surface area (TPSA) is 155 Å². The molecular weight excluding hydrogens is 723 g/mol. The summed E-state index contributed by atoms with van der Waals surface area (Å²) in [6, 6.07) is 14.8. The third-order valence-corrected chi connectivity index (χ3v) is 13.7. The van der Waals surface area contributed by atoms with Gasteiger partial charge in [-0.05, 0) is 120 Å². The number of anilines is 3. The van der Waals surface area contributed by atoms with E-state index < -0.39 is 23.8 Å². The van der Waals surface area contributed by atoms with Gasteiger partial charge in [0, 0.05) is 63.0 Å². The zero-order chi connectivity index (χ0) is 39.2. The number of carbonyl (C=O) groups excluding carboxylic acids is 4. The molecule has 3 unspecified atom stereocenters. The number of phenolic OH excluding ortho intramolecular Hbond substituents is 1. The molecule has 14 nitrogen and oxygen atoms in total. The number of nitrogens with zero attached hydrogens (tertiary/aromatic N) is 7. The predicted molar refractivity (Wildman–Crippen MR) is 216 cm³/mol. The Balaban J connectivity index is 0.707. The number of aromatic nitrogens is 2. The summed E-state index contributed by atoms with van der Waals surface area (Å²) < 4.78 is 0. The highest BCUT2D eigenvalue weighted by atomic mass is 16.3. The van der Waals surface area contributed by atoms with Crippen molar-refractivity contribution < 1.29 is 24.3 Å². The van der Waals surface area contributed by atoms with Crippen LogP contribution >= 0.6 is 0 Å². The van der Waals surface area contributed by atoms with E-state index in [0.29, 0.717) is 40.4 Å². The van der Waals surface area contributed by atoms with E-state index in [0.717, 1.165) is 99.8 Å². The first-order chi connectivity index (χ1) is 27.7. The summed E-state index contributed by atoms with van der Waals surface area (Å²) in [4.78, 5) is 61.8. The number of hydrogen-bond donors (Lipinski definition) is 3. The molecule has 300 valence electrons. The Morgan fingerprint density at radius 1 is 0.842 bits per heavy atom. The molecule has 0 saturated carbocycles. The number of carbonyl (C=O) groups is 4. The van der Waals surface area contributed by atoms with Gasteiger partial charge in [0.05, 0.1) is 28.6 Å². The molecule has 0 aliphatic carbocycles. The zero-order valence-electron chi connectivity index (χ0n) is 32.7. The number of benzene rings is 2. The minimum atomic E-state index is -0.952. The van der Waals surface area contributed by atoms with E-state index in [1.54, 1.807) is 12.1 Å². The molecule has 6 aliphatic rings. The Morgan fingerprint density at radius 2 is 1.63 bits per heavy atom. The van der Waals surface area contributed by atoms with Crippen LogP contribution in [0, 0.1) is 11.8 Å². The molecule has 7 heterocycles. The fourth-order valence-electron chi connectivity index (χ4n) is 10.2. The summed E-state index contributed by atoms with van der Waals surface area (Å²) in [7, 11) is 0. The summed E-state index contributed by atoms with van der Waals surface area (Å²) in [5, 5.41) is 25.0. The van der Waals surface area contributed by atoms with Crippen LogP contribution in [0.1, 0.15) is 79.0 Å². The molecule has 3 atom stereocenters. The van der Waals surface area contributed by atoms with Crippen LogP contribution in [0.4, 0.5) is 17.2 Å². The molecule has 0 spiro atoms. The van der Waals surface area contributed by atoms with Gasteiger partial charge in [0.25, 0.3) is 11.8 Å². The largest absolute Gasteiger partial charge is 0.507 e. The van der Waals surface area contributed by atoms with Gasteiger partial charge in [-0.1, -0.05) is 12.1 Å². The van der Waals surface area contributed by atoms with Gasteiger partial charge in [-0.15, -0.1) is 10.2 Å². The van der Waals surface area contributed by atoms with Crippen LogP contribution in [-0.2, 0) is 9.59 Å². The van der Waals surface area contributed by atoms with Crippen LogP contribution < -0.4 is 20.4 Å². The van der Waals surface area contributed by atoms with Gasteiger partial charge in [-0.2, -0.15) is 0 Å². The fourth-order valence-corrected chi connectivity index (χ4v) is 10.2. The predicted octanol–water partition coefficient (Wildman–Crippen LogP) is 3.96. The summed E-state index contributed by atoms with van der Waals surface area (Å²) >= 11 is 0. The highest BCUT2D eigenvalue weighted by Crippen LogP contribution is 2.37. The number of para-hydroxylation sites is 1. The molecule has 0 radical (unpaired) electrons. The Hall–Kier alpha value is -5.08. The van der Waals surface area contributed by atoms with Gasteiger partial charge in [0.15, 0.2) is 5.82 Å². The number of piperidine rings is 3. The van der Waals surface area contributed by atoms with E-state index in [1.165, 1.54) is 25.7 Å². The molecular formula is C43H53N9O5. The highest BCUT2D eigenvalue weighted by Gasteiger charge is 2.45. The average Bonchev–Trinajstić information content (AvgIpc) is 3.48. The van der Waals surface area contributed by atoms with Gasteiger partial charge >= 0.3 is 0 Å². The van der Waals surface area contributed by atoms with Gasteiger partial charge in [-0.25, -0.2) is 0 Å². The Morgan fingerprint density at radius 3 is 2.42 bits per heavy atom. The Bertz CT molecular complexity index is 2040. The first-order valence-electron chi connectivity index (χ1n) is 21.0. The van der Waals surface area contributed by atoms with Crippen LogP contribution in [0.2, 0.25) is 0 Å². The molecule has 4 saturated heterocycles. The minimum absolute atomic E-state index is 0.109. The molecule has 14 heteroatoms. The molecule has 3 aromatic rings. The van der Waals surface area contributed by atoms with Crippen LogP contribution in [0.5, 0.6) is 5.75 Å². The number of nitrogens with one attached hydrogen (secondary N) is 2. The second kappa shape index (κ2) is 15.7. The number of fused-ring (bicyclic) bond motifs is 4. The van der Waals surface area contributed by atoms with Gasteiger partial charge < -0.3 is 25.1 Å². The van der Waals surface area contributed by atoms with E-state index in [9.17, 15) is 24.3 Å². The number of amides is 4. The van der Waals surface area contributed by atoms with Crippen molar-refractivity contribution in [1.82, 2.24) is 30.2 Å². The third kappa shape index (κ3) is 7.33. The van der Waals surface area contributed by atoms with Crippen molar-refractivity contribution in [2.45, 2.75) is 76.4 Å². The first-order valence-corrected chi connectivity index (χ1v) is 21.0. The third-order valence-electron chi connectivity index (χ3n) is 13.7. The smallest absolute Gasteiger partial charge is 0.262 e. The number of phenols is 1. The summed E-state index contributed by atoms with van der Waals surface area (Å²) in [5.41, 5.74) is 4.06. The van der Waals surface area contributed by atoms with Crippen LogP contribution in [0.15, 0.2) is 48.5 Å².